The van der Waals surface area contributed by atoms with Crippen molar-refractivity contribution in [2.75, 3.05) is 13.7 Å². The molecule has 1 aromatic rings. The van der Waals surface area contributed by atoms with Crippen LogP contribution in [0.1, 0.15) is 37.3 Å². The Morgan fingerprint density at radius 2 is 2.10 bits per heavy atom. The highest BCUT2D eigenvalue weighted by Crippen LogP contribution is 2.19. The number of amides is 1. The van der Waals surface area contributed by atoms with E-state index in [1.54, 1.807) is 7.11 Å². The minimum Gasteiger partial charge on any atom is -0.380 e. The average Bonchev–Trinajstić information content (AvgIpc) is 2.47. The Bertz CT molecular complexity index is 454. The number of hydrogen-bond donors (Lipinski definition) is 2. The molecule has 1 aromatic carbocycles. The minimum absolute atomic E-state index is 0.0874. The van der Waals surface area contributed by atoms with E-state index in [1.807, 2.05) is 31.2 Å². The maximum absolute atomic E-state index is 12.4. The van der Waals surface area contributed by atoms with Crippen LogP contribution in [-0.4, -0.2) is 25.1 Å². The summed E-state index contributed by atoms with van der Waals surface area (Å²) in [5, 5.41) is 6.39. The van der Waals surface area contributed by atoms with Crippen LogP contribution in [0.3, 0.4) is 0 Å². The Morgan fingerprint density at radius 1 is 1.35 bits per heavy atom. The number of benzene rings is 1. The molecule has 110 valence electrons. The van der Waals surface area contributed by atoms with Gasteiger partial charge in [-0.05, 0) is 43.9 Å². The smallest absolute Gasteiger partial charge is 0.240 e. The fourth-order valence-corrected chi connectivity index (χ4v) is 2.65. The summed E-state index contributed by atoms with van der Waals surface area (Å²) < 4.78 is 5.19. The molecule has 1 atom stereocenters. The van der Waals surface area contributed by atoms with Gasteiger partial charge in [0.25, 0.3) is 0 Å². The van der Waals surface area contributed by atoms with Gasteiger partial charge in [0.05, 0.1) is 12.1 Å². The fourth-order valence-electron chi connectivity index (χ4n) is 2.65. The minimum atomic E-state index is -0.422. The summed E-state index contributed by atoms with van der Waals surface area (Å²) in [5.74, 6) is 0.0874. The molecule has 20 heavy (non-hydrogen) atoms. The number of carbonyl (C=O) groups is 1. The van der Waals surface area contributed by atoms with Gasteiger partial charge in [-0.15, -0.1) is 0 Å². The molecule has 2 N–H and O–H groups in total. The summed E-state index contributed by atoms with van der Waals surface area (Å²) in [5.41, 5.74) is 1.81. The largest absolute Gasteiger partial charge is 0.380 e. The third-order valence-corrected chi connectivity index (χ3v) is 3.98. The van der Waals surface area contributed by atoms with Gasteiger partial charge < -0.3 is 15.4 Å². The first-order chi connectivity index (χ1) is 9.65. The Hall–Kier alpha value is -1.39. The molecular formula is C16H24N2O2. The van der Waals surface area contributed by atoms with Crippen LogP contribution in [0.2, 0.25) is 0 Å². The lowest BCUT2D eigenvalue weighted by Crippen LogP contribution is -2.56. The second-order valence-electron chi connectivity index (χ2n) is 5.60. The molecule has 1 aliphatic rings. The summed E-state index contributed by atoms with van der Waals surface area (Å²) in [7, 11) is 1.68. The fraction of sp³-hybridized carbons (Fsp3) is 0.562. The van der Waals surface area contributed by atoms with E-state index in [0.29, 0.717) is 13.2 Å². The van der Waals surface area contributed by atoms with Crippen molar-refractivity contribution in [3.63, 3.8) is 0 Å². The van der Waals surface area contributed by atoms with Crippen molar-refractivity contribution >= 4 is 5.91 Å². The number of carbonyl (C=O) groups excluding carboxylic acids is 1. The molecule has 1 unspecified atom stereocenters. The van der Waals surface area contributed by atoms with Crippen molar-refractivity contribution in [3.05, 3.63) is 35.4 Å². The van der Waals surface area contributed by atoms with E-state index in [4.69, 9.17) is 4.74 Å². The molecule has 1 aliphatic heterocycles. The molecule has 0 spiro atoms. The number of methoxy groups -OCH3 is 1. The van der Waals surface area contributed by atoms with Gasteiger partial charge in [-0.1, -0.05) is 24.3 Å². The first-order valence-electron chi connectivity index (χ1n) is 7.25. The van der Waals surface area contributed by atoms with Gasteiger partial charge in [-0.25, -0.2) is 0 Å². The van der Waals surface area contributed by atoms with E-state index < -0.39 is 5.54 Å². The summed E-state index contributed by atoms with van der Waals surface area (Å²) in [6, 6.07) is 8.04. The van der Waals surface area contributed by atoms with E-state index in [0.717, 1.165) is 36.9 Å². The van der Waals surface area contributed by atoms with E-state index in [2.05, 4.69) is 10.6 Å². The molecule has 1 amide bonds. The van der Waals surface area contributed by atoms with Gasteiger partial charge in [0.15, 0.2) is 0 Å². The molecule has 4 heteroatoms. The number of rotatable bonds is 5. The second-order valence-corrected chi connectivity index (χ2v) is 5.60. The predicted molar refractivity (Wildman–Crippen MR) is 79.3 cm³/mol. The van der Waals surface area contributed by atoms with Crippen LogP contribution in [-0.2, 0) is 22.7 Å². The maximum atomic E-state index is 12.4. The van der Waals surface area contributed by atoms with Crippen molar-refractivity contribution in [2.24, 2.45) is 0 Å². The van der Waals surface area contributed by atoms with Crippen molar-refractivity contribution < 1.29 is 9.53 Å². The Balaban J connectivity index is 1.96. The van der Waals surface area contributed by atoms with Gasteiger partial charge >= 0.3 is 0 Å². The molecular weight excluding hydrogens is 252 g/mol. The van der Waals surface area contributed by atoms with Crippen LogP contribution >= 0.6 is 0 Å². The van der Waals surface area contributed by atoms with Crippen molar-refractivity contribution in [2.45, 2.75) is 44.9 Å². The van der Waals surface area contributed by atoms with E-state index in [1.165, 1.54) is 0 Å². The molecule has 0 aromatic heterocycles. The summed E-state index contributed by atoms with van der Waals surface area (Å²) in [4.78, 5) is 12.4. The first-order valence-corrected chi connectivity index (χ1v) is 7.25. The highest BCUT2D eigenvalue weighted by molar-refractivity contribution is 5.85. The number of piperidine rings is 1. The van der Waals surface area contributed by atoms with Crippen LogP contribution in [0, 0.1) is 0 Å². The van der Waals surface area contributed by atoms with E-state index >= 15 is 0 Å². The predicted octanol–water partition coefficient (Wildman–Crippen LogP) is 1.98. The topological polar surface area (TPSA) is 50.4 Å². The molecule has 0 saturated carbocycles. The van der Waals surface area contributed by atoms with Crippen molar-refractivity contribution in [1.29, 1.82) is 0 Å². The molecule has 1 fully saturated rings. The highest BCUT2D eigenvalue weighted by Gasteiger charge is 2.33. The third-order valence-electron chi connectivity index (χ3n) is 3.98. The lowest BCUT2D eigenvalue weighted by atomic mass is 9.90. The van der Waals surface area contributed by atoms with E-state index in [9.17, 15) is 4.79 Å². The van der Waals surface area contributed by atoms with Crippen LogP contribution in [0.5, 0.6) is 0 Å². The standard InChI is InChI=1S/C16H24N2O2/c1-16(9-5-6-10-18-16)15(19)17-11-13-7-3-4-8-14(13)12-20-2/h3-4,7-8,18H,5-6,9-12H2,1-2H3,(H,17,19). The van der Waals surface area contributed by atoms with Crippen LogP contribution in [0.25, 0.3) is 0 Å². The lowest BCUT2D eigenvalue weighted by Gasteiger charge is -2.33. The van der Waals surface area contributed by atoms with Crippen LogP contribution < -0.4 is 10.6 Å². The molecule has 0 radical (unpaired) electrons. The number of hydrogen-bond acceptors (Lipinski definition) is 3. The quantitative estimate of drug-likeness (QED) is 0.864. The highest BCUT2D eigenvalue weighted by atomic mass is 16.5. The molecule has 4 nitrogen and oxygen atoms in total. The number of nitrogens with one attached hydrogen (secondary N) is 2. The summed E-state index contributed by atoms with van der Waals surface area (Å²) >= 11 is 0. The zero-order chi connectivity index (χ0) is 14.4. The summed E-state index contributed by atoms with van der Waals surface area (Å²) in [6.07, 6.45) is 3.16. The van der Waals surface area contributed by atoms with Crippen LogP contribution in [0.4, 0.5) is 0 Å². The van der Waals surface area contributed by atoms with Crippen molar-refractivity contribution in [3.8, 4) is 0 Å². The molecule has 2 rings (SSSR count). The van der Waals surface area contributed by atoms with Gasteiger partial charge in [0, 0.05) is 13.7 Å². The normalized spacial score (nSPS) is 22.5. The van der Waals surface area contributed by atoms with Gasteiger partial charge in [0.1, 0.15) is 0 Å². The zero-order valence-corrected chi connectivity index (χ0v) is 12.4. The Labute approximate surface area is 120 Å². The van der Waals surface area contributed by atoms with Gasteiger partial charge in [-0.2, -0.15) is 0 Å². The van der Waals surface area contributed by atoms with Gasteiger partial charge in [0.2, 0.25) is 5.91 Å². The molecule has 0 aliphatic carbocycles. The monoisotopic (exact) mass is 276 g/mol. The molecule has 1 saturated heterocycles. The molecule has 1 heterocycles. The zero-order valence-electron chi connectivity index (χ0n) is 12.4. The summed E-state index contributed by atoms with van der Waals surface area (Å²) in [6.45, 7) is 4.03. The first kappa shape index (κ1) is 15.0. The Morgan fingerprint density at radius 3 is 2.75 bits per heavy atom. The SMILES string of the molecule is COCc1ccccc1CNC(=O)C1(C)CCCCN1. The number of ether oxygens (including phenoxy) is 1. The Kier molecular flexibility index (Phi) is 5.15. The average molecular weight is 276 g/mol. The van der Waals surface area contributed by atoms with Crippen LogP contribution in [0.15, 0.2) is 24.3 Å². The van der Waals surface area contributed by atoms with Gasteiger partial charge in [-0.3, -0.25) is 4.79 Å². The van der Waals surface area contributed by atoms with Crippen molar-refractivity contribution in [1.82, 2.24) is 10.6 Å². The maximum Gasteiger partial charge on any atom is 0.240 e. The van der Waals surface area contributed by atoms with E-state index in [-0.39, 0.29) is 5.91 Å². The molecule has 0 bridgehead atoms. The lowest BCUT2D eigenvalue weighted by molar-refractivity contribution is -0.128. The third kappa shape index (κ3) is 3.58. The second kappa shape index (κ2) is 6.86.